The van der Waals surface area contributed by atoms with E-state index in [-0.39, 0.29) is 11.5 Å². The molecule has 0 bridgehead atoms. The lowest BCUT2D eigenvalue weighted by Gasteiger charge is -2.15. The first-order valence-electron chi connectivity index (χ1n) is 9.51. The van der Waals surface area contributed by atoms with Crippen LogP contribution in [0.3, 0.4) is 0 Å². The Bertz CT molecular complexity index is 1090. The molecule has 0 unspecified atom stereocenters. The highest BCUT2D eigenvalue weighted by Crippen LogP contribution is 2.42. The number of hydrogen-bond acceptors (Lipinski definition) is 6. The Morgan fingerprint density at radius 3 is 2.03 bits per heavy atom. The van der Waals surface area contributed by atoms with E-state index in [2.05, 4.69) is 0 Å². The number of carbonyl (C=O) groups excluding carboxylic acids is 1. The zero-order valence-corrected chi connectivity index (χ0v) is 17.8. The number of benzene rings is 3. The van der Waals surface area contributed by atoms with Gasteiger partial charge in [-0.25, -0.2) is 0 Å². The molecule has 0 aliphatic carbocycles. The topological polar surface area (TPSA) is 74.2 Å². The maximum atomic E-state index is 13.0. The molecule has 0 heterocycles. The third-order valence-electron chi connectivity index (χ3n) is 4.80. The van der Waals surface area contributed by atoms with Gasteiger partial charge in [0.2, 0.25) is 5.75 Å². The van der Waals surface area contributed by atoms with Gasteiger partial charge in [-0.2, -0.15) is 0 Å². The van der Waals surface area contributed by atoms with E-state index in [4.69, 9.17) is 18.9 Å². The smallest absolute Gasteiger partial charge is 0.203 e. The molecule has 6 nitrogen and oxygen atoms in total. The minimum atomic E-state index is -0.181. The Morgan fingerprint density at radius 1 is 0.806 bits per heavy atom. The highest BCUT2D eigenvalue weighted by Gasteiger charge is 2.17. The van der Waals surface area contributed by atoms with E-state index >= 15 is 0 Å². The van der Waals surface area contributed by atoms with E-state index in [9.17, 15) is 9.90 Å². The zero-order valence-electron chi connectivity index (χ0n) is 17.8. The van der Waals surface area contributed by atoms with Gasteiger partial charge in [0.25, 0.3) is 0 Å². The fourth-order valence-electron chi connectivity index (χ4n) is 3.26. The first-order chi connectivity index (χ1) is 15.0. The molecule has 0 saturated heterocycles. The summed E-state index contributed by atoms with van der Waals surface area (Å²) >= 11 is 0. The Balaban J connectivity index is 1.99. The van der Waals surface area contributed by atoms with Crippen molar-refractivity contribution in [1.29, 1.82) is 0 Å². The molecular weight excluding hydrogens is 396 g/mol. The van der Waals surface area contributed by atoms with Gasteiger partial charge in [-0.3, -0.25) is 4.79 Å². The van der Waals surface area contributed by atoms with Crippen LogP contribution in [0.15, 0.2) is 60.7 Å². The van der Waals surface area contributed by atoms with Gasteiger partial charge >= 0.3 is 0 Å². The quantitative estimate of drug-likeness (QED) is 0.409. The summed E-state index contributed by atoms with van der Waals surface area (Å²) in [5.74, 6) is 1.69. The molecule has 0 aromatic heterocycles. The number of phenolic OH excluding ortho intramolecular Hbond substituents is 1. The second kappa shape index (κ2) is 9.71. The van der Waals surface area contributed by atoms with Crippen molar-refractivity contribution in [3.63, 3.8) is 0 Å². The number of rotatable bonds is 8. The number of ketones is 1. The second-order valence-corrected chi connectivity index (χ2v) is 6.59. The van der Waals surface area contributed by atoms with Crippen molar-refractivity contribution in [2.75, 3.05) is 28.4 Å². The maximum absolute atomic E-state index is 13.0. The second-order valence-electron chi connectivity index (χ2n) is 6.59. The average molecular weight is 420 g/mol. The summed E-state index contributed by atoms with van der Waals surface area (Å²) in [5.41, 5.74) is 2.69. The van der Waals surface area contributed by atoms with Crippen molar-refractivity contribution in [3.8, 4) is 39.9 Å². The van der Waals surface area contributed by atoms with Gasteiger partial charge in [0.1, 0.15) is 0 Å². The molecular formula is C25H24O6. The molecule has 0 saturated carbocycles. The van der Waals surface area contributed by atoms with Crippen LogP contribution in [0.1, 0.15) is 15.9 Å². The summed E-state index contributed by atoms with van der Waals surface area (Å²) in [5, 5.41) is 9.93. The highest BCUT2D eigenvalue weighted by atomic mass is 16.5. The molecule has 3 aromatic rings. The van der Waals surface area contributed by atoms with Crippen molar-refractivity contribution in [2.24, 2.45) is 0 Å². The summed E-state index contributed by atoms with van der Waals surface area (Å²) in [6, 6.07) is 15.8. The SMILES string of the molecule is COc1ccc(C=CC(=O)c2ccccc2-c2cc(OC)c(OC)c(OC)c2)cc1O. The highest BCUT2D eigenvalue weighted by molar-refractivity contribution is 6.11. The number of carbonyl (C=O) groups is 1. The predicted molar refractivity (Wildman–Crippen MR) is 120 cm³/mol. The van der Waals surface area contributed by atoms with Gasteiger partial charge in [0.05, 0.1) is 28.4 Å². The molecule has 31 heavy (non-hydrogen) atoms. The zero-order chi connectivity index (χ0) is 22.4. The van der Waals surface area contributed by atoms with Gasteiger partial charge in [0, 0.05) is 5.56 Å². The van der Waals surface area contributed by atoms with Crippen LogP contribution in [0.2, 0.25) is 0 Å². The fourth-order valence-corrected chi connectivity index (χ4v) is 3.26. The van der Waals surface area contributed by atoms with Crippen LogP contribution >= 0.6 is 0 Å². The van der Waals surface area contributed by atoms with E-state index in [0.717, 1.165) is 11.1 Å². The number of hydrogen-bond donors (Lipinski definition) is 1. The van der Waals surface area contributed by atoms with E-state index in [1.54, 1.807) is 57.7 Å². The monoisotopic (exact) mass is 420 g/mol. The van der Waals surface area contributed by atoms with E-state index in [1.807, 2.05) is 18.2 Å². The molecule has 6 heteroatoms. The summed E-state index contributed by atoms with van der Waals surface area (Å²) in [4.78, 5) is 13.0. The standard InChI is InChI=1S/C25H24O6/c1-28-22-12-10-16(13-21(22)27)9-11-20(26)19-8-6-5-7-18(19)17-14-23(29-2)25(31-4)24(15-17)30-3/h5-15,27H,1-4H3. The van der Waals surface area contributed by atoms with Crippen LogP contribution in [-0.2, 0) is 0 Å². The molecule has 3 rings (SSSR count). The Morgan fingerprint density at radius 2 is 1.45 bits per heavy atom. The molecule has 1 N–H and O–H groups in total. The molecule has 0 aliphatic heterocycles. The van der Waals surface area contributed by atoms with Crippen molar-refractivity contribution in [2.45, 2.75) is 0 Å². The Hall–Kier alpha value is -3.93. The Labute approximate surface area is 181 Å². The third-order valence-corrected chi connectivity index (χ3v) is 4.80. The van der Waals surface area contributed by atoms with Crippen LogP contribution in [0.25, 0.3) is 17.2 Å². The number of allylic oxidation sites excluding steroid dienone is 1. The van der Waals surface area contributed by atoms with Gasteiger partial charge in [0.15, 0.2) is 28.8 Å². The van der Waals surface area contributed by atoms with Crippen molar-refractivity contribution >= 4 is 11.9 Å². The molecule has 0 spiro atoms. The van der Waals surface area contributed by atoms with Crippen molar-refractivity contribution in [3.05, 3.63) is 71.8 Å². The van der Waals surface area contributed by atoms with Gasteiger partial charge < -0.3 is 24.1 Å². The first-order valence-corrected chi connectivity index (χ1v) is 9.51. The number of phenols is 1. The summed E-state index contributed by atoms with van der Waals surface area (Å²) in [6.07, 6.45) is 3.12. The molecule has 0 radical (unpaired) electrons. The Kier molecular flexibility index (Phi) is 6.82. The van der Waals surface area contributed by atoms with Gasteiger partial charge in [-0.1, -0.05) is 36.4 Å². The van der Waals surface area contributed by atoms with Crippen LogP contribution in [0.4, 0.5) is 0 Å². The third kappa shape index (κ3) is 4.64. The number of aromatic hydroxyl groups is 1. The van der Waals surface area contributed by atoms with Crippen LogP contribution in [0, 0.1) is 0 Å². The van der Waals surface area contributed by atoms with Crippen LogP contribution in [-0.4, -0.2) is 39.3 Å². The minimum Gasteiger partial charge on any atom is -0.504 e. The van der Waals surface area contributed by atoms with Crippen molar-refractivity contribution < 1.29 is 28.8 Å². The normalized spacial score (nSPS) is 10.7. The minimum absolute atomic E-state index is 0.00919. The van der Waals surface area contributed by atoms with E-state index in [0.29, 0.717) is 34.1 Å². The predicted octanol–water partition coefficient (Wildman–Crippen LogP) is 4.99. The van der Waals surface area contributed by atoms with Gasteiger partial charge in [-0.05, 0) is 47.0 Å². The van der Waals surface area contributed by atoms with Crippen LogP contribution in [0.5, 0.6) is 28.7 Å². The lowest BCUT2D eigenvalue weighted by molar-refractivity contribution is 0.104. The van der Waals surface area contributed by atoms with Gasteiger partial charge in [-0.15, -0.1) is 0 Å². The molecule has 0 atom stereocenters. The molecule has 3 aromatic carbocycles. The summed E-state index contributed by atoms with van der Waals surface area (Å²) in [7, 11) is 6.11. The summed E-state index contributed by atoms with van der Waals surface area (Å²) in [6.45, 7) is 0. The first kappa shape index (κ1) is 21.8. The number of methoxy groups -OCH3 is 4. The average Bonchev–Trinajstić information content (AvgIpc) is 2.81. The summed E-state index contributed by atoms with van der Waals surface area (Å²) < 4.78 is 21.3. The van der Waals surface area contributed by atoms with E-state index < -0.39 is 0 Å². The maximum Gasteiger partial charge on any atom is 0.203 e. The number of ether oxygens (including phenoxy) is 4. The molecule has 0 aliphatic rings. The molecule has 0 fully saturated rings. The van der Waals surface area contributed by atoms with Crippen molar-refractivity contribution in [1.82, 2.24) is 0 Å². The van der Waals surface area contributed by atoms with Crippen LogP contribution < -0.4 is 18.9 Å². The lowest BCUT2D eigenvalue weighted by atomic mass is 9.96. The molecule has 0 amide bonds. The largest absolute Gasteiger partial charge is 0.504 e. The van der Waals surface area contributed by atoms with E-state index in [1.165, 1.54) is 19.3 Å². The fraction of sp³-hybridized carbons (Fsp3) is 0.160. The molecule has 160 valence electrons. The lowest BCUT2D eigenvalue weighted by Crippen LogP contribution is -2.00.